The lowest BCUT2D eigenvalue weighted by molar-refractivity contribution is -0.147. The summed E-state index contributed by atoms with van der Waals surface area (Å²) in [5.74, 6) is 2.55. The summed E-state index contributed by atoms with van der Waals surface area (Å²) in [7, 11) is 1.68. The summed E-state index contributed by atoms with van der Waals surface area (Å²) in [5.41, 5.74) is -0.429. The standard InChI is InChI=1S/C17H31N3O2S.2ClH/c1-22-17(6-8-18-9-7-17)15(21)19-14-16(4-2-3-5-16)20-10-12-23-13-11-20;;/h18H,2-14H2,1H3,(H,19,21);2*1H. The molecule has 0 atom stereocenters. The minimum atomic E-state index is -0.622. The molecular weight excluding hydrogens is 381 g/mol. The Morgan fingerprint density at radius 3 is 2.28 bits per heavy atom. The fourth-order valence-corrected chi connectivity index (χ4v) is 5.34. The summed E-state index contributed by atoms with van der Waals surface area (Å²) in [6.45, 7) is 4.83. The maximum Gasteiger partial charge on any atom is 0.252 e. The molecule has 0 unspecified atom stereocenters. The average Bonchev–Trinajstić information content (AvgIpc) is 3.11. The van der Waals surface area contributed by atoms with E-state index in [1.807, 2.05) is 0 Å². The van der Waals surface area contributed by atoms with E-state index in [1.54, 1.807) is 7.11 Å². The van der Waals surface area contributed by atoms with Crippen molar-refractivity contribution in [1.82, 2.24) is 15.5 Å². The maximum absolute atomic E-state index is 12.8. The van der Waals surface area contributed by atoms with Gasteiger partial charge in [-0.1, -0.05) is 12.8 Å². The number of nitrogens with zero attached hydrogens (tertiary/aromatic N) is 1. The van der Waals surface area contributed by atoms with E-state index in [0.29, 0.717) is 0 Å². The molecule has 0 spiro atoms. The SMILES string of the molecule is COC1(C(=O)NCC2(N3CCSCC3)CCCC2)CCNCC1.Cl.Cl. The molecule has 8 heteroatoms. The van der Waals surface area contributed by atoms with E-state index in [9.17, 15) is 4.79 Å². The van der Waals surface area contributed by atoms with Crippen LogP contribution >= 0.6 is 36.6 Å². The van der Waals surface area contributed by atoms with Gasteiger partial charge in [-0.3, -0.25) is 9.69 Å². The van der Waals surface area contributed by atoms with Crippen LogP contribution in [0.3, 0.4) is 0 Å². The summed E-state index contributed by atoms with van der Waals surface area (Å²) in [5, 5.41) is 6.60. The number of hydrogen-bond acceptors (Lipinski definition) is 5. The molecule has 3 aliphatic rings. The minimum Gasteiger partial charge on any atom is -0.368 e. The molecule has 0 aromatic rings. The Balaban J connectivity index is 0.00000156. The van der Waals surface area contributed by atoms with E-state index in [-0.39, 0.29) is 36.3 Å². The van der Waals surface area contributed by atoms with Gasteiger partial charge in [0, 0.05) is 43.8 Å². The van der Waals surface area contributed by atoms with Crippen molar-refractivity contribution in [3.8, 4) is 0 Å². The van der Waals surface area contributed by atoms with Gasteiger partial charge in [-0.05, 0) is 38.8 Å². The fraction of sp³-hybridized carbons (Fsp3) is 0.941. The van der Waals surface area contributed by atoms with E-state index in [2.05, 4.69) is 27.3 Å². The summed E-state index contributed by atoms with van der Waals surface area (Å²) < 4.78 is 5.67. The van der Waals surface area contributed by atoms with Gasteiger partial charge in [0.15, 0.2) is 0 Å². The quantitative estimate of drug-likeness (QED) is 0.722. The van der Waals surface area contributed by atoms with E-state index in [4.69, 9.17) is 4.74 Å². The minimum absolute atomic E-state index is 0. The van der Waals surface area contributed by atoms with Crippen molar-refractivity contribution in [1.29, 1.82) is 0 Å². The number of nitrogens with one attached hydrogen (secondary N) is 2. The molecule has 25 heavy (non-hydrogen) atoms. The highest BCUT2D eigenvalue weighted by molar-refractivity contribution is 7.99. The van der Waals surface area contributed by atoms with Crippen molar-refractivity contribution in [2.24, 2.45) is 0 Å². The number of amides is 1. The number of carbonyl (C=O) groups excluding carboxylic acids is 1. The topological polar surface area (TPSA) is 53.6 Å². The first-order valence-electron chi connectivity index (χ1n) is 9.08. The Labute approximate surface area is 168 Å². The third-order valence-corrected chi connectivity index (χ3v) is 6.95. The van der Waals surface area contributed by atoms with E-state index in [1.165, 1.54) is 50.3 Å². The zero-order valence-electron chi connectivity index (χ0n) is 15.2. The highest BCUT2D eigenvalue weighted by Gasteiger charge is 2.43. The van der Waals surface area contributed by atoms with Crippen LogP contribution in [0.5, 0.6) is 0 Å². The number of methoxy groups -OCH3 is 1. The van der Waals surface area contributed by atoms with Crippen LogP contribution < -0.4 is 10.6 Å². The molecule has 148 valence electrons. The Morgan fingerprint density at radius 2 is 1.72 bits per heavy atom. The predicted molar refractivity (Wildman–Crippen MR) is 109 cm³/mol. The van der Waals surface area contributed by atoms with E-state index >= 15 is 0 Å². The molecule has 5 nitrogen and oxygen atoms in total. The Morgan fingerprint density at radius 1 is 1.12 bits per heavy atom. The molecule has 0 radical (unpaired) electrons. The van der Waals surface area contributed by atoms with Gasteiger partial charge in [-0.15, -0.1) is 24.8 Å². The first-order valence-corrected chi connectivity index (χ1v) is 10.2. The largest absolute Gasteiger partial charge is 0.368 e. The number of thioether (sulfide) groups is 1. The molecule has 2 saturated heterocycles. The third kappa shape index (κ3) is 5.17. The Kier molecular flexibility index (Phi) is 9.86. The van der Waals surface area contributed by atoms with Crippen LogP contribution in [0.4, 0.5) is 0 Å². The number of ether oxygens (including phenoxy) is 1. The first-order chi connectivity index (χ1) is 11.2. The Hall–Kier alpha value is 0.280. The first kappa shape index (κ1) is 23.3. The van der Waals surface area contributed by atoms with Crippen molar-refractivity contribution in [3.63, 3.8) is 0 Å². The molecule has 0 aromatic carbocycles. The molecule has 2 N–H and O–H groups in total. The normalized spacial score (nSPS) is 25.5. The van der Waals surface area contributed by atoms with Crippen LogP contribution in [0, 0.1) is 0 Å². The summed E-state index contributed by atoms with van der Waals surface area (Å²) >= 11 is 2.05. The smallest absolute Gasteiger partial charge is 0.252 e. The van der Waals surface area contributed by atoms with E-state index < -0.39 is 5.60 Å². The van der Waals surface area contributed by atoms with Crippen LogP contribution in [-0.4, -0.2) is 73.3 Å². The lowest BCUT2D eigenvalue weighted by Crippen LogP contribution is -2.60. The lowest BCUT2D eigenvalue weighted by Gasteiger charge is -2.44. The van der Waals surface area contributed by atoms with E-state index in [0.717, 1.165) is 32.5 Å². The summed E-state index contributed by atoms with van der Waals surface area (Å²) in [6.07, 6.45) is 6.56. The number of rotatable bonds is 5. The van der Waals surface area contributed by atoms with Gasteiger partial charge < -0.3 is 15.4 Å². The number of piperidine rings is 1. The van der Waals surface area contributed by atoms with Crippen molar-refractivity contribution in [2.45, 2.75) is 49.7 Å². The average molecular weight is 414 g/mol. The maximum atomic E-state index is 12.8. The molecule has 0 aromatic heterocycles. The summed E-state index contributed by atoms with van der Waals surface area (Å²) in [6, 6.07) is 0. The second-order valence-corrected chi connectivity index (χ2v) is 8.39. The van der Waals surface area contributed by atoms with Crippen LogP contribution in [0.25, 0.3) is 0 Å². The van der Waals surface area contributed by atoms with Crippen molar-refractivity contribution in [3.05, 3.63) is 0 Å². The second-order valence-electron chi connectivity index (χ2n) is 7.16. The third-order valence-electron chi connectivity index (χ3n) is 6.01. The number of halogens is 2. The van der Waals surface area contributed by atoms with Gasteiger partial charge in [0.25, 0.3) is 5.91 Å². The lowest BCUT2D eigenvalue weighted by atomic mass is 9.89. The summed E-state index contributed by atoms with van der Waals surface area (Å²) in [4.78, 5) is 15.5. The zero-order chi connectivity index (χ0) is 16.2. The molecule has 3 fully saturated rings. The van der Waals surface area contributed by atoms with Gasteiger partial charge in [0.05, 0.1) is 0 Å². The van der Waals surface area contributed by atoms with Gasteiger partial charge in [-0.25, -0.2) is 0 Å². The predicted octanol–water partition coefficient (Wildman–Crippen LogP) is 2.08. The van der Waals surface area contributed by atoms with Gasteiger partial charge in [0.2, 0.25) is 0 Å². The highest BCUT2D eigenvalue weighted by Crippen LogP contribution is 2.36. The molecule has 0 bridgehead atoms. The van der Waals surface area contributed by atoms with Crippen molar-refractivity contribution in [2.75, 3.05) is 51.3 Å². The molecule has 1 amide bonds. The van der Waals surface area contributed by atoms with Crippen LogP contribution in [0.1, 0.15) is 38.5 Å². The number of hydrogen-bond donors (Lipinski definition) is 2. The van der Waals surface area contributed by atoms with Gasteiger partial charge in [0.1, 0.15) is 5.60 Å². The molecular formula is C17H33Cl2N3O2S. The van der Waals surface area contributed by atoms with Gasteiger partial charge in [-0.2, -0.15) is 11.8 Å². The fourth-order valence-electron chi connectivity index (χ4n) is 4.44. The van der Waals surface area contributed by atoms with Crippen LogP contribution in [0.15, 0.2) is 0 Å². The van der Waals surface area contributed by atoms with Gasteiger partial charge >= 0.3 is 0 Å². The van der Waals surface area contributed by atoms with Crippen LogP contribution in [0.2, 0.25) is 0 Å². The second kappa shape index (κ2) is 10.6. The van der Waals surface area contributed by atoms with Crippen molar-refractivity contribution < 1.29 is 9.53 Å². The van der Waals surface area contributed by atoms with Crippen molar-refractivity contribution >= 4 is 42.5 Å². The monoisotopic (exact) mass is 413 g/mol. The molecule has 2 heterocycles. The molecule has 3 rings (SSSR count). The molecule has 2 aliphatic heterocycles. The highest BCUT2D eigenvalue weighted by atomic mass is 35.5. The number of carbonyl (C=O) groups is 1. The molecule has 1 aliphatic carbocycles. The molecule has 1 saturated carbocycles. The zero-order valence-corrected chi connectivity index (χ0v) is 17.6. The van der Waals surface area contributed by atoms with Crippen LogP contribution in [-0.2, 0) is 9.53 Å². The Bertz CT molecular complexity index is 411.